The number of nitrogens with one attached hydrogen (secondary N) is 1. The Bertz CT molecular complexity index is 357. The Hall–Kier alpha value is -1.10. The van der Waals surface area contributed by atoms with Crippen molar-refractivity contribution in [2.75, 3.05) is 13.2 Å². The molecule has 0 spiro atoms. The minimum absolute atomic E-state index is 0.0432. The molecule has 1 heterocycles. The van der Waals surface area contributed by atoms with E-state index in [9.17, 15) is 9.59 Å². The molecule has 1 saturated heterocycles. The van der Waals surface area contributed by atoms with Crippen molar-refractivity contribution in [1.29, 1.82) is 0 Å². The number of nitrogens with zero attached hydrogens (tertiary/aromatic N) is 1. The highest BCUT2D eigenvalue weighted by Gasteiger charge is 2.39. The van der Waals surface area contributed by atoms with Gasteiger partial charge in [0.25, 0.3) is 0 Å². The van der Waals surface area contributed by atoms with E-state index in [0.29, 0.717) is 13.2 Å². The van der Waals surface area contributed by atoms with Gasteiger partial charge in [-0.1, -0.05) is 20.3 Å². The first-order valence-corrected chi connectivity index (χ1v) is 8.10. The maximum Gasteiger partial charge on any atom is 0.246 e. The van der Waals surface area contributed by atoms with Crippen LogP contribution in [0.5, 0.6) is 0 Å². The van der Waals surface area contributed by atoms with Gasteiger partial charge < -0.3 is 15.0 Å². The Morgan fingerprint density at radius 1 is 1.24 bits per heavy atom. The Labute approximate surface area is 128 Å². The van der Waals surface area contributed by atoms with Gasteiger partial charge in [0.1, 0.15) is 12.1 Å². The zero-order chi connectivity index (χ0) is 16.0. The van der Waals surface area contributed by atoms with Gasteiger partial charge in [-0.3, -0.25) is 9.59 Å². The fraction of sp³-hybridized carbons (Fsp3) is 0.875. The summed E-state index contributed by atoms with van der Waals surface area (Å²) in [6.07, 6.45) is 2.88. The van der Waals surface area contributed by atoms with Gasteiger partial charge in [-0.15, -0.1) is 0 Å². The van der Waals surface area contributed by atoms with E-state index in [1.165, 1.54) is 0 Å². The van der Waals surface area contributed by atoms with E-state index < -0.39 is 0 Å². The summed E-state index contributed by atoms with van der Waals surface area (Å²) in [5.74, 6) is 0.181. The van der Waals surface area contributed by atoms with Gasteiger partial charge in [0.2, 0.25) is 11.8 Å². The van der Waals surface area contributed by atoms with Crippen LogP contribution in [0.1, 0.15) is 53.9 Å². The number of ether oxygens (including phenoxy) is 1. The second-order valence-corrected chi connectivity index (χ2v) is 6.21. The highest BCUT2D eigenvalue weighted by atomic mass is 16.5. The number of hydrogen-bond acceptors (Lipinski definition) is 3. The Morgan fingerprint density at radius 3 is 2.48 bits per heavy atom. The molecular formula is C16H30N2O3. The average molecular weight is 298 g/mol. The number of carbonyl (C=O) groups excluding carboxylic acids is 2. The lowest BCUT2D eigenvalue weighted by Gasteiger charge is -2.39. The van der Waals surface area contributed by atoms with Crippen LogP contribution in [-0.4, -0.2) is 48.1 Å². The molecule has 122 valence electrons. The van der Waals surface area contributed by atoms with Gasteiger partial charge in [0.05, 0.1) is 6.10 Å². The largest absolute Gasteiger partial charge is 0.379 e. The van der Waals surface area contributed by atoms with Crippen LogP contribution in [0, 0.1) is 5.92 Å². The molecule has 5 heteroatoms. The van der Waals surface area contributed by atoms with Crippen LogP contribution < -0.4 is 5.32 Å². The van der Waals surface area contributed by atoms with Gasteiger partial charge in [-0.25, -0.2) is 0 Å². The van der Waals surface area contributed by atoms with Crippen LogP contribution in [-0.2, 0) is 14.3 Å². The monoisotopic (exact) mass is 298 g/mol. The van der Waals surface area contributed by atoms with Gasteiger partial charge in [-0.05, 0) is 39.5 Å². The predicted octanol–water partition coefficient (Wildman–Crippen LogP) is 1.95. The second-order valence-electron chi connectivity index (χ2n) is 6.21. The second kappa shape index (κ2) is 8.37. The lowest BCUT2D eigenvalue weighted by atomic mass is 9.94. The molecule has 1 rings (SSSR count). The number of carbonyl (C=O) groups is 2. The number of amides is 2. The van der Waals surface area contributed by atoms with Gasteiger partial charge in [0, 0.05) is 13.2 Å². The standard InChI is InChI=1S/C16H30N2O3/c1-6-12(4)14-16(20)18(13(5)15(19)17-14)9-7-8-10-21-11(2)3/h11-14H,6-10H2,1-5H3,(H,17,19). The van der Waals surface area contributed by atoms with Crippen LogP contribution in [0.4, 0.5) is 0 Å². The van der Waals surface area contributed by atoms with E-state index in [4.69, 9.17) is 4.74 Å². The van der Waals surface area contributed by atoms with Crippen molar-refractivity contribution >= 4 is 11.8 Å². The molecule has 1 aliphatic heterocycles. The average Bonchev–Trinajstić information content (AvgIpc) is 2.44. The zero-order valence-corrected chi connectivity index (χ0v) is 14.0. The molecule has 3 unspecified atom stereocenters. The van der Waals surface area contributed by atoms with Crippen molar-refractivity contribution in [3.8, 4) is 0 Å². The molecule has 21 heavy (non-hydrogen) atoms. The summed E-state index contributed by atoms with van der Waals surface area (Å²) in [6, 6.07) is -0.741. The van der Waals surface area contributed by atoms with E-state index in [-0.39, 0.29) is 35.9 Å². The first kappa shape index (κ1) is 18.0. The lowest BCUT2D eigenvalue weighted by Crippen LogP contribution is -2.64. The summed E-state index contributed by atoms with van der Waals surface area (Å²) in [5, 5.41) is 2.86. The molecule has 2 amide bonds. The molecule has 0 aliphatic carbocycles. The summed E-state index contributed by atoms with van der Waals surface area (Å²) in [7, 11) is 0. The molecule has 0 aromatic carbocycles. The van der Waals surface area contributed by atoms with Crippen molar-refractivity contribution < 1.29 is 14.3 Å². The highest BCUT2D eigenvalue weighted by molar-refractivity contribution is 5.96. The van der Waals surface area contributed by atoms with Crippen LogP contribution in [0.2, 0.25) is 0 Å². The van der Waals surface area contributed by atoms with E-state index >= 15 is 0 Å². The predicted molar refractivity (Wildman–Crippen MR) is 82.9 cm³/mol. The number of rotatable bonds is 8. The molecule has 0 aromatic rings. The third kappa shape index (κ3) is 4.99. The van der Waals surface area contributed by atoms with Crippen molar-refractivity contribution in [2.24, 2.45) is 5.92 Å². The van der Waals surface area contributed by atoms with Gasteiger partial charge in [-0.2, -0.15) is 0 Å². The summed E-state index contributed by atoms with van der Waals surface area (Å²) < 4.78 is 5.50. The van der Waals surface area contributed by atoms with E-state index in [1.54, 1.807) is 11.8 Å². The molecule has 1 aliphatic rings. The van der Waals surface area contributed by atoms with E-state index in [1.807, 2.05) is 27.7 Å². The van der Waals surface area contributed by atoms with Crippen LogP contribution >= 0.6 is 0 Å². The molecule has 5 nitrogen and oxygen atoms in total. The molecule has 3 atom stereocenters. The number of piperazine rings is 1. The number of unbranched alkanes of at least 4 members (excludes halogenated alkanes) is 1. The van der Waals surface area contributed by atoms with Crippen LogP contribution in [0.15, 0.2) is 0 Å². The molecule has 0 radical (unpaired) electrons. The van der Waals surface area contributed by atoms with Crippen LogP contribution in [0.3, 0.4) is 0 Å². The van der Waals surface area contributed by atoms with Crippen molar-refractivity contribution in [3.05, 3.63) is 0 Å². The molecule has 0 bridgehead atoms. The molecule has 0 aromatic heterocycles. The summed E-state index contributed by atoms with van der Waals surface area (Å²) in [6.45, 7) is 11.2. The Morgan fingerprint density at radius 2 is 1.90 bits per heavy atom. The van der Waals surface area contributed by atoms with Gasteiger partial charge >= 0.3 is 0 Å². The van der Waals surface area contributed by atoms with E-state index in [2.05, 4.69) is 5.32 Å². The summed E-state index contributed by atoms with van der Waals surface area (Å²) in [5.41, 5.74) is 0. The maximum atomic E-state index is 12.5. The third-order valence-electron chi connectivity index (χ3n) is 4.15. The number of hydrogen-bond donors (Lipinski definition) is 1. The molecule has 0 saturated carbocycles. The zero-order valence-electron chi connectivity index (χ0n) is 14.0. The van der Waals surface area contributed by atoms with E-state index in [0.717, 1.165) is 19.3 Å². The minimum atomic E-state index is -0.371. The maximum absolute atomic E-state index is 12.5. The van der Waals surface area contributed by atoms with Crippen molar-refractivity contribution in [2.45, 2.75) is 72.1 Å². The quantitative estimate of drug-likeness (QED) is 0.697. The summed E-state index contributed by atoms with van der Waals surface area (Å²) >= 11 is 0. The fourth-order valence-corrected chi connectivity index (χ4v) is 2.48. The Kier molecular flexibility index (Phi) is 7.15. The molecule has 1 N–H and O–H groups in total. The minimum Gasteiger partial charge on any atom is -0.379 e. The van der Waals surface area contributed by atoms with Crippen molar-refractivity contribution in [1.82, 2.24) is 10.2 Å². The fourth-order valence-electron chi connectivity index (χ4n) is 2.48. The van der Waals surface area contributed by atoms with Gasteiger partial charge in [0.15, 0.2) is 0 Å². The lowest BCUT2D eigenvalue weighted by molar-refractivity contribution is -0.150. The van der Waals surface area contributed by atoms with Crippen LogP contribution in [0.25, 0.3) is 0 Å². The topological polar surface area (TPSA) is 58.6 Å². The third-order valence-corrected chi connectivity index (χ3v) is 4.15. The molecular weight excluding hydrogens is 268 g/mol. The normalized spacial score (nSPS) is 24.4. The SMILES string of the molecule is CCC(C)C1NC(=O)C(C)N(CCCCOC(C)C)C1=O. The first-order chi connectivity index (χ1) is 9.88. The smallest absolute Gasteiger partial charge is 0.246 e. The van der Waals surface area contributed by atoms with Crippen molar-refractivity contribution in [3.63, 3.8) is 0 Å². The molecule has 1 fully saturated rings. The summed E-state index contributed by atoms with van der Waals surface area (Å²) in [4.78, 5) is 26.3. The first-order valence-electron chi connectivity index (χ1n) is 8.10. The Balaban J connectivity index is 2.53. The highest BCUT2D eigenvalue weighted by Crippen LogP contribution is 2.18.